The summed E-state index contributed by atoms with van der Waals surface area (Å²) in [7, 11) is 0. The lowest BCUT2D eigenvalue weighted by Gasteiger charge is -2.22. The van der Waals surface area contributed by atoms with E-state index in [2.05, 4.69) is 16.5 Å². The highest BCUT2D eigenvalue weighted by molar-refractivity contribution is 6.02. The molecule has 3 rings (SSSR count). The van der Waals surface area contributed by atoms with Crippen LogP contribution in [0.2, 0.25) is 0 Å². The molecule has 1 N–H and O–H groups in total. The van der Waals surface area contributed by atoms with Gasteiger partial charge in [0.2, 0.25) is 0 Å². The smallest absolute Gasteiger partial charge is 0.336 e. The van der Waals surface area contributed by atoms with Crippen LogP contribution in [0.15, 0.2) is 43.0 Å². The second-order valence-corrected chi connectivity index (χ2v) is 5.02. The first kappa shape index (κ1) is 12.7. The number of aromatic carboxylic acids is 1. The van der Waals surface area contributed by atoms with Gasteiger partial charge in [-0.25, -0.2) is 9.78 Å². The Labute approximate surface area is 117 Å². The Morgan fingerprint density at radius 3 is 2.85 bits per heavy atom. The largest absolute Gasteiger partial charge is 0.478 e. The van der Waals surface area contributed by atoms with E-state index >= 15 is 0 Å². The molecular formula is C16H16N2O2. The Morgan fingerprint density at radius 2 is 2.20 bits per heavy atom. The van der Waals surface area contributed by atoms with Gasteiger partial charge in [0.15, 0.2) is 0 Å². The van der Waals surface area contributed by atoms with E-state index in [-0.39, 0.29) is 0 Å². The van der Waals surface area contributed by atoms with Gasteiger partial charge in [-0.2, -0.15) is 0 Å². The Kier molecular flexibility index (Phi) is 3.14. The summed E-state index contributed by atoms with van der Waals surface area (Å²) in [5, 5.41) is 9.87. The lowest BCUT2D eigenvalue weighted by Crippen LogP contribution is -2.26. The minimum Gasteiger partial charge on any atom is -0.478 e. The van der Waals surface area contributed by atoms with Crippen molar-refractivity contribution in [3.05, 3.63) is 48.6 Å². The molecule has 0 aliphatic heterocycles. The Hall–Kier alpha value is -2.36. The van der Waals surface area contributed by atoms with Crippen molar-refractivity contribution in [2.75, 3.05) is 11.4 Å². The minimum absolute atomic E-state index is 0.295. The van der Waals surface area contributed by atoms with Gasteiger partial charge in [-0.05, 0) is 37.1 Å². The van der Waals surface area contributed by atoms with Crippen LogP contribution in [0.5, 0.6) is 0 Å². The van der Waals surface area contributed by atoms with E-state index in [4.69, 9.17) is 0 Å². The number of benzene rings is 1. The van der Waals surface area contributed by atoms with Gasteiger partial charge in [0.05, 0.1) is 11.1 Å². The number of hydrogen-bond donors (Lipinski definition) is 1. The maximum absolute atomic E-state index is 11.2. The normalized spacial score (nSPS) is 14.2. The Bertz CT molecular complexity index is 677. The highest BCUT2D eigenvalue weighted by Gasteiger charge is 2.29. The molecule has 2 aromatic rings. The molecule has 0 spiro atoms. The molecule has 0 unspecified atom stereocenters. The molecule has 20 heavy (non-hydrogen) atoms. The molecule has 1 fully saturated rings. The third kappa shape index (κ3) is 2.25. The molecule has 4 nitrogen and oxygen atoms in total. The highest BCUT2D eigenvalue weighted by Crippen LogP contribution is 2.31. The third-order valence-corrected chi connectivity index (χ3v) is 3.56. The molecule has 1 saturated carbocycles. The first-order chi connectivity index (χ1) is 9.70. The zero-order valence-electron chi connectivity index (χ0n) is 11.1. The average molecular weight is 268 g/mol. The van der Waals surface area contributed by atoms with Gasteiger partial charge in [0.1, 0.15) is 5.82 Å². The topological polar surface area (TPSA) is 53.4 Å². The number of aromatic nitrogens is 1. The third-order valence-electron chi connectivity index (χ3n) is 3.56. The molecule has 1 aliphatic rings. The first-order valence-corrected chi connectivity index (χ1v) is 6.71. The van der Waals surface area contributed by atoms with Gasteiger partial charge < -0.3 is 10.0 Å². The average Bonchev–Trinajstić information content (AvgIpc) is 3.28. The zero-order chi connectivity index (χ0) is 14.1. The number of fused-ring (bicyclic) bond motifs is 1. The molecule has 1 aromatic carbocycles. The second kappa shape index (κ2) is 4.96. The van der Waals surface area contributed by atoms with Crippen molar-refractivity contribution >= 4 is 22.7 Å². The lowest BCUT2D eigenvalue weighted by molar-refractivity contribution is 0.0699. The van der Waals surface area contributed by atoms with Crippen LogP contribution in [0.25, 0.3) is 10.9 Å². The number of hydrogen-bond acceptors (Lipinski definition) is 3. The molecule has 4 heteroatoms. The standard InChI is InChI=1S/C16H16N2O2/c1-2-10-18(11-6-7-11)15-9-8-12-13(16(19)20)4-3-5-14(12)17-15/h2-5,8-9,11H,1,6-7,10H2,(H,19,20). The van der Waals surface area contributed by atoms with Gasteiger partial charge >= 0.3 is 5.97 Å². The summed E-state index contributed by atoms with van der Waals surface area (Å²) in [5.74, 6) is -0.0299. The van der Waals surface area contributed by atoms with E-state index in [1.165, 1.54) is 12.8 Å². The van der Waals surface area contributed by atoms with Gasteiger partial charge in [0, 0.05) is 18.0 Å². The summed E-state index contributed by atoms with van der Waals surface area (Å²) in [4.78, 5) is 18.0. The number of carboxylic acids is 1. The van der Waals surface area contributed by atoms with E-state index < -0.39 is 5.97 Å². The van der Waals surface area contributed by atoms with E-state index in [1.54, 1.807) is 12.1 Å². The number of nitrogens with zero attached hydrogens (tertiary/aromatic N) is 2. The van der Waals surface area contributed by atoms with E-state index in [0.717, 1.165) is 17.9 Å². The van der Waals surface area contributed by atoms with E-state index in [0.29, 0.717) is 17.0 Å². The molecule has 1 aliphatic carbocycles. The SMILES string of the molecule is C=CCN(c1ccc2c(C(=O)O)cccc2n1)C1CC1. The van der Waals surface area contributed by atoms with Crippen molar-refractivity contribution in [3.8, 4) is 0 Å². The monoisotopic (exact) mass is 268 g/mol. The number of carbonyl (C=O) groups is 1. The van der Waals surface area contributed by atoms with Crippen molar-refractivity contribution in [1.29, 1.82) is 0 Å². The van der Waals surface area contributed by atoms with Crippen LogP contribution in [0.3, 0.4) is 0 Å². The summed E-state index contributed by atoms with van der Waals surface area (Å²) in [6.45, 7) is 4.55. The molecular weight excluding hydrogens is 252 g/mol. The lowest BCUT2D eigenvalue weighted by atomic mass is 10.1. The van der Waals surface area contributed by atoms with Crippen LogP contribution in [0, 0.1) is 0 Å². The van der Waals surface area contributed by atoms with E-state index in [1.807, 2.05) is 24.3 Å². The van der Waals surface area contributed by atoms with Crippen molar-refractivity contribution in [2.24, 2.45) is 0 Å². The molecule has 1 aromatic heterocycles. The maximum atomic E-state index is 11.2. The predicted molar refractivity (Wildman–Crippen MR) is 79.3 cm³/mol. The quantitative estimate of drug-likeness (QED) is 0.847. The molecule has 0 amide bonds. The zero-order valence-corrected chi connectivity index (χ0v) is 11.1. The number of anilines is 1. The second-order valence-electron chi connectivity index (χ2n) is 5.02. The summed E-state index contributed by atoms with van der Waals surface area (Å²) < 4.78 is 0. The number of pyridine rings is 1. The maximum Gasteiger partial charge on any atom is 0.336 e. The molecule has 0 bridgehead atoms. The number of rotatable bonds is 5. The van der Waals surface area contributed by atoms with Crippen LogP contribution >= 0.6 is 0 Å². The van der Waals surface area contributed by atoms with Crippen LogP contribution in [-0.2, 0) is 0 Å². The van der Waals surface area contributed by atoms with Crippen LogP contribution < -0.4 is 4.90 Å². The van der Waals surface area contributed by atoms with Crippen molar-refractivity contribution < 1.29 is 9.90 Å². The predicted octanol–water partition coefficient (Wildman–Crippen LogP) is 3.09. The van der Waals surface area contributed by atoms with Crippen LogP contribution in [-0.4, -0.2) is 28.6 Å². The summed E-state index contributed by atoms with van der Waals surface area (Å²) in [5.41, 5.74) is 1.01. The molecule has 0 atom stereocenters. The fourth-order valence-corrected chi connectivity index (χ4v) is 2.45. The molecule has 1 heterocycles. The Morgan fingerprint density at radius 1 is 1.40 bits per heavy atom. The summed E-state index contributed by atoms with van der Waals surface area (Å²) in [6.07, 6.45) is 4.24. The van der Waals surface area contributed by atoms with Gasteiger partial charge in [-0.3, -0.25) is 0 Å². The van der Waals surface area contributed by atoms with Crippen LogP contribution in [0.1, 0.15) is 23.2 Å². The first-order valence-electron chi connectivity index (χ1n) is 6.71. The summed E-state index contributed by atoms with van der Waals surface area (Å²) >= 11 is 0. The van der Waals surface area contributed by atoms with Crippen molar-refractivity contribution in [3.63, 3.8) is 0 Å². The summed E-state index contributed by atoms with van der Waals surface area (Å²) in [6, 6.07) is 9.48. The molecule has 0 saturated heterocycles. The van der Waals surface area contributed by atoms with Crippen molar-refractivity contribution in [1.82, 2.24) is 4.98 Å². The van der Waals surface area contributed by atoms with Crippen LogP contribution in [0.4, 0.5) is 5.82 Å². The number of carboxylic acid groups (broad SMARTS) is 1. The van der Waals surface area contributed by atoms with Gasteiger partial charge in [-0.1, -0.05) is 12.1 Å². The molecule has 0 radical (unpaired) electrons. The van der Waals surface area contributed by atoms with Gasteiger partial charge in [0.25, 0.3) is 0 Å². The fraction of sp³-hybridized carbons (Fsp3) is 0.250. The molecule has 102 valence electrons. The van der Waals surface area contributed by atoms with Gasteiger partial charge in [-0.15, -0.1) is 6.58 Å². The van der Waals surface area contributed by atoms with E-state index in [9.17, 15) is 9.90 Å². The highest BCUT2D eigenvalue weighted by atomic mass is 16.4. The minimum atomic E-state index is -0.921. The Balaban J connectivity index is 2.06. The fourth-order valence-electron chi connectivity index (χ4n) is 2.45. The van der Waals surface area contributed by atoms with Crippen molar-refractivity contribution in [2.45, 2.75) is 18.9 Å².